The molecule has 0 unspecified atom stereocenters. The molecular formula is C21H28ClN3O3. The zero-order chi connectivity index (χ0) is 19.8. The van der Waals surface area contributed by atoms with Crippen LogP contribution in [0.2, 0.25) is 5.02 Å². The number of benzene rings is 1. The highest BCUT2D eigenvalue weighted by molar-refractivity contribution is 6.31. The number of rotatable bonds is 3. The smallest absolute Gasteiger partial charge is 0.408 e. The number of aromatic nitrogens is 1. The molecule has 3 atom stereocenters. The number of piperidine rings is 2. The molecule has 7 heteroatoms. The van der Waals surface area contributed by atoms with E-state index >= 15 is 0 Å². The van der Waals surface area contributed by atoms with Crippen molar-refractivity contribution >= 4 is 28.6 Å². The average Bonchev–Trinajstić information content (AvgIpc) is 2.96. The van der Waals surface area contributed by atoms with Crippen LogP contribution in [0, 0.1) is 11.8 Å². The van der Waals surface area contributed by atoms with Crippen molar-refractivity contribution in [3.63, 3.8) is 0 Å². The van der Waals surface area contributed by atoms with Crippen LogP contribution in [-0.4, -0.2) is 53.0 Å². The van der Waals surface area contributed by atoms with Crippen molar-refractivity contribution in [2.24, 2.45) is 11.8 Å². The molecule has 0 spiro atoms. The van der Waals surface area contributed by atoms with Gasteiger partial charge in [0.05, 0.1) is 18.1 Å². The first-order valence-electron chi connectivity index (χ1n) is 10.2. The third-order valence-electron chi connectivity index (χ3n) is 6.00. The van der Waals surface area contributed by atoms with Crippen LogP contribution < -0.4 is 5.76 Å². The van der Waals surface area contributed by atoms with E-state index in [2.05, 4.69) is 18.7 Å². The maximum absolute atomic E-state index is 12.9. The van der Waals surface area contributed by atoms with Crippen LogP contribution in [0.25, 0.3) is 11.1 Å². The van der Waals surface area contributed by atoms with Gasteiger partial charge in [0.1, 0.15) is 0 Å². The van der Waals surface area contributed by atoms with Crippen LogP contribution in [-0.2, 0) is 4.79 Å². The number of oxazole rings is 1. The molecule has 4 rings (SSSR count). The molecule has 0 radical (unpaired) electrons. The molecular weight excluding hydrogens is 378 g/mol. The summed E-state index contributed by atoms with van der Waals surface area (Å²) in [6.07, 6.45) is 3.03. The Bertz CT molecular complexity index is 911. The van der Waals surface area contributed by atoms with Gasteiger partial charge in [-0.05, 0) is 55.8 Å². The third kappa shape index (κ3) is 3.98. The molecule has 1 amide bonds. The van der Waals surface area contributed by atoms with Crippen molar-refractivity contribution in [2.45, 2.75) is 39.2 Å². The van der Waals surface area contributed by atoms with Crippen molar-refractivity contribution in [1.82, 2.24) is 14.4 Å². The summed E-state index contributed by atoms with van der Waals surface area (Å²) in [5, 5.41) is 0.582. The molecule has 0 N–H and O–H groups in total. The highest BCUT2D eigenvalue weighted by Crippen LogP contribution is 2.27. The van der Waals surface area contributed by atoms with Crippen molar-refractivity contribution < 1.29 is 9.21 Å². The first-order valence-corrected chi connectivity index (χ1v) is 10.6. The minimum absolute atomic E-state index is 0.00651. The summed E-state index contributed by atoms with van der Waals surface area (Å²) in [4.78, 5) is 29.5. The maximum Gasteiger partial charge on any atom is 0.420 e. The van der Waals surface area contributed by atoms with Gasteiger partial charge in [-0.3, -0.25) is 14.3 Å². The Kier molecular flexibility index (Phi) is 5.52. The van der Waals surface area contributed by atoms with Crippen molar-refractivity contribution in [3.05, 3.63) is 33.8 Å². The highest BCUT2D eigenvalue weighted by Gasteiger charge is 2.30. The average molecular weight is 406 g/mol. The summed E-state index contributed by atoms with van der Waals surface area (Å²) in [6.45, 7) is 8.11. The number of nitrogens with zero attached hydrogens (tertiary/aromatic N) is 3. The van der Waals surface area contributed by atoms with Crippen molar-refractivity contribution in [1.29, 1.82) is 0 Å². The second-order valence-electron chi connectivity index (χ2n) is 8.63. The van der Waals surface area contributed by atoms with Gasteiger partial charge in [0.25, 0.3) is 0 Å². The molecule has 0 bridgehead atoms. The summed E-state index contributed by atoms with van der Waals surface area (Å²) in [5.41, 5.74) is 1.29. The Hall–Kier alpha value is -1.79. The number of amides is 1. The van der Waals surface area contributed by atoms with Crippen LogP contribution in [0.3, 0.4) is 0 Å². The Balaban J connectivity index is 1.48. The van der Waals surface area contributed by atoms with E-state index in [9.17, 15) is 9.59 Å². The molecule has 1 aromatic carbocycles. The Morgan fingerprint density at radius 2 is 1.96 bits per heavy atom. The normalized spacial score (nSPS) is 26.7. The lowest BCUT2D eigenvalue weighted by Gasteiger charge is -2.38. The maximum atomic E-state index is 12.9. The zero-order valence-electron chi connectivity index (χ0n) is 16.6. The van der Waals surface area contributed by atoms with Gasteiger partial charge in [-0.2, -0.15) is 0 Å². The Morgan fingerprint density at radius 1 is 1.21 bits per heavy atom. The van der Waals surface area contributed by atoms with Gasteiger partial charge in [-0.25, -0.2) is 4.79 Å². The van der Waals surface area contributed by atoms with E-state index in [1.165, 1.54) is 6.42 Å². The van der Waals surface area contributed by atoms with E-state index in [1.807, 2.05) is 4.90 Å². The summed E-state index contributed by atoms with van der Waals surface area (Å²) >= 11 is 6.13. The van der Waals surface area contributed by atoms with Gasteiger partial charge in [-0.1, -0.05) is 25.4 Å². The molecule has 6 nitrogen and oxygen atoms in total. The summed E-state index contributed by atoms with van der Waals surface area (Å²) in [6, 6.07) is 5.23. The molecule has 0 aliphatic carbocycles. The number of hydrogen-bond acceptors (Lipinski definition) is 4. The molecule has 2 saturated heterocycles. The van der Waals surface area contributed by atoms with Crippen LogP contribution in [0.5, 0.6) is 0 Å². The number of halogens is 1. The molecule has 152 valence electrons. The summed E-state index contributed by atoms with van der Waals surface area (Å²) in [5.74, 6) is 0.963. The molecule has 3 heterocycles. The highest BCUT2D eigenvalue weighted by atomic mass is 35.5. The van der Waals surface area contributed by atoms with E-state index in [-0.39, 0.29) is 17.7 Å². The first-order chi connectivity index (χ1) is 13.4. The van der Waals surface area contributed by atoms with Gasteiger partial charge >= 0.3 is 5.76 Å². The predicted molar refractivity (Wildman–Crippen MR) is 110 cm³/mol. The number of carbonyl (C=O) groups excluding carboxylic acids is 1. The van der Waals surface area contributed by atoms with E-state index in [0.717, 1.165) is 38.0 Å². The zero-order valence-corrected chi connectivity index (χ0v) is 17.3. The van der Waals surface area contributed by atoms with Crippen LogP contribution in [0.4, 0.5) is 0 Å². The molecule has 0 saturated carbocycles. The molecule has 2 aliphatic rings. The van der Waals surface area contributed by atoms with Crippen molar-refractivity contribution in [2.75, 3.05) is 32.7 Å². The van der Waals surface area contributed by atoms with E-state index in [1.54, 1.807) is 22.8 Å². The van der Waals surface area contributed by atoms with Crippen LogP contribution in [0.15, 0.2) is 27.4 Å². The summed E-state index contributed by atoms with van der Waals surface area (Å²) < 4.78 is 7.11. The molecule has 28 heavy (non-hydrogen) atoms. The Morgan fingerprint density at radius 3 is 2.71 bits per heavy atom. The second-order valence-corrected chi connectivity index (χ2v) is 9.06. The first kappa shape index (κ1) is 19.5. The van der Waals surface area contributed by atoms with Gasteiger partial charge in [-0.15, -0.1) is 0 Å². The lowest BCUT2D eigenvalue weighted by atomic mass is 9.92. The topological polar surface area (TPSA) is 58.7 Å². The molecule has 2 aliphatic heterocycles. The largest absolute Gasteiger partial charge is 0.420 e. The summed E-state index contributed by atoms with van der Waals surface area (Å²) in [7, 11) is 0. The molecule has 2 aromatic rings. The lowest BCUT2D eigenvalue weighted by Crippen LogP contribution is -2.49. The SMILES string of the molecule is C[C@H]1C[C@H](C)CN(C(=O)CN2CCC[C@H](n3c(=O)oc4ccc(Cl)cc43)C2)C1. The van der Waals surface area contributed by atoms with E-state index in [4.69, 9.17) is 16.0 Å². The number of hydrogen-bond donors (Lipinski definition) is 0. The minimum Gasteiger partial charge on any atom is -0.408 e. The molecule has 2 fully saturated rings. The number of likely N-dealkylation sites (tertiary alicyclic amines) is 2. The quantitative estimate of drug-likeness (QED) is 0.785. The second kappa shape index (κ2) is 7.91. The third-order valence-corrected chi connectivity index (χ3v) is 6.24. The predicted octanol–water partition coefficient (Wildman–Crippen LogP) is 3.39. The van der Waals surface area contributed by atoms with Gasteiger partial charge in [0, 0.05) is 24.7 Å². The van der Waals surface area contributed by atoms with Gasteiger partial charge < -0.3 is 9.32 Å². The number of carbonyl (C=O) groups is 1. The standard InChI is InChI=1S/C21H28ClN3O3/c1-14-8-15(2)11-24(10-14)20(26)13-23-7-3-4-17(12-23)25-18-9-16(22)5-6-19(18)28-21(25)27/h5-6,9,14-15,17H,3-4,7-8,10-13H2,1-2H3/t14-,15-,17-/m0/s1. The van der Waals surface area contributed by atoms with Crippen molar-refractivity contribution in [3.8, 4) is 0 Å². The fourth-order valence-electron chi connectivity index (χ4n) is 4.90. The number of fused-ring (bicyclic) bond motifs is 1. The fourth-order valence-corrected chi connectivity index (χ4v) is 5.06. The molecule has 1 aromatic heterocycles. The van der Waals surface area contributed by atoms with Gasteiger partial charge in [0.15, 0.2) is 5.58 Å². The monoisotopic (exact) mass is 405 g/mol. The van der Waals surface area contributed by atoms with Crippen LogP contribution >= 0.6 is 11.6 Å². The Labute approximate surface area is 170 Å². The minimum atomic E-state index is -0.353. The van der Waals surface area contributed by atoms with Crippen LogP contribution in [0.1, 0.15) is 39.2 Å². The fraction of sp³-hybridized carbons (Fsp3) is 0.619. The van der Waals surface area contributed by atoms with Gasteiger partial charge in [0.2, 0.25) is 5.91 Å². The lowest BCUT2D eigenvalue weighted by molar-refractivity contribution is -0.135. The van der Waals surface area contributed by atoms with E-state index in [0.29, 0.717) is 35.5 Å². The van der Waals surface area contributed by atoms with E-state index < -0.39 is 0 Å².